The van der Waals surface area contributed by atoms with Crippen molar-refractivity contribution >= 4 is 11.9 Å². The predicted octanol–water partition coefficient (Wildman–Crippen LogP) is 0.463. The van der Waals surface area contributed by atoms with Crippen LogP contribution in [0.3, 0.4) is 0 Å². The Hall–Kier alpha value is -1.34. The Kier molecular flexibility index (Phi) is 10.4. The largest absolute Gasteiger partial charge is 0.382 e. The van der Waals surface area contributed by atoms with Crippen LogP contribution in [0.5, 0.6) is 0 Å². The van der Waals surface area contributed by atoms with E-state index in [1.54, 1.807) is 14.2 Å². The molecule has 1 fully saturated rings. The molecule has 0 radical (unpaired) electrons. The van der Waals surface area contributed by atoms with E-state index in [9.17, 15) is 4.79 Å². The summed E-state index contributed by atoms with van der Waals surface area (Å²) in [4.78, 5) is 18.4. The molecule has 1 rings (SSSR count). The standard InChI is InChI=1S/C16H32N4O3/c1-4-18-16(19-7-10-23-12-11-22-3)20-8-5-14(6-9-20)13-15(21)17-2/h14H,4-13H2,1-3H3,(H,17,21)(H,18,19). The third-order valence-electron chi connectivity index (χ3n) is 3.93. The first kappa shape index (κ1) is 19.7. The highest BCUT2D eigenvalue weighted by Crippen LogP contribution is 2.20. The van der Waals surface area contributed by atoms with Crippen molar-refractivity contribution in [2.75, 3.05) is 60.2 Å². The number of guanidine groups is 1. The van der Waals surface area contributed by atoms with Crippen LogP contribution in [0, 0.1) is 5.92 Å². The Morgan fingerprint density at radius 3 is 2.61 bits per heavy atom. The zero-order valence-electron chi connectivity index (χ0n) is 14.8. The zero-order valence-corrected chi connectivity index (χ0v) is 14.8. The van der Waals surface area contributed by atoms with Gasteiger partial charge in [-0.2, -0.15) is 0 Å². The number of carbonyl (C=O) groups excluding carboxylic acids is 1. The SMILES string of the molecule is CCNC(=NCCOCCOC)N1CCC(CC(=O)NC)CC1. The maximum atomic E-state index is 11.5. The van der Waals surface area contributed by atoms with Crippen LogP contribution in [0.2, 0.25) is 0 Å². The number of rotatable bonds is 9. The summed E-state index contributed by atoms with van der Waals surface area (Å²) < 4.78 is 10.4. The monoisotopic (exact) mass is 328 g/mol. The second-order valence-electron chi connectivity index (χ2n) is 5.65. The van der Waals surface area contributed by atoms with Gasteiger partial charge in [-0.3, -0.25) is 9.79 Å². The molecule has 1 heterocycles. The number of likely N-dealkylation sites (tertiary alicyclic amines) is 1. The van der Waals surface area contributed by atoms with Gasteiger partial charge < -0.3 is 25.0 Å². The van der Waals surface area contributed by atoms with Crippen molar-refractivity contribution in [3.05, 3.63) is 0 Å². The van der Waals surface area contributed by atoms with Crippen molar-refractivity contribution in [2.24, 2.45) is 10.9 Å². The Labute approximate surface area is 139 Å². The van der Waals surface area contributed by atoms with Gasteiger partial charge in [0.15, 0.2) is 5.96 Å². The van der Waals surface area contributed by atoms with Crippen LogP contribution in [0.25, 0.3) is 0 Å². The molecule has 1 amide bonds. The minimum atomic E-state index is 0.136. The van der Waals surface area contributed by atoms with E-state index in [1.807, 2.05) is 0 Å². The minimum Gasteiger partial charge on any atom is -0.382 e. The molecule has 7 nitrogen and oxygen atoms in total. The first-order valence-corrected chi connectivity index (χ1v) is 8.51. The molecule has 0 atom stereocenters. The lowest BCUT2D eigenvalue weighted by Gasteiger charge is -2.34. The van der Waals surface area contributed by atoms with E-state index >= 15 is 0 Å². The lowest BCUT2D eigenvalue weighted by molar-refractivity contribution is -0.121. The summed E-state index contributed by atoms with van der Waals surface area (Å²) in [5.74, 6) is 1.56. The minimum absolute atomic E-state index is 0.136. The summed E-state index contributed by atoms with van der Waals surface area (Å²) in [5.41, 5.74) is 0. The Morgan fingerprint density at radius 1 is 1.26 bits per heavy atom. The van der Waals surface area contributed by atoms with Crippen molar-refractivity contribution in [3.8, 4) is 0 Å². The number of amides is 1. The van der Waals surface area contributed by atoms with Gasteiger partial charge in [-0.25, -0.2) is 0 Å². The normalized spacial score (nSPS) is 16.5. The number of methoxy groups -OCH3 is 1. The summed E-state index contributed by atoms with van der Waals surface area (Å²) >= 11 is 0. The first-order chi connectivity index (χ1) is 11.2. The van der Waals surface area contributed by atoms with Gasteiger partial charge in [-0.05, 0) is 25.7 Å². The van der Waals surface area contributed by atoms with Crippen LogP contribution in [0.4, 0.5) is 0 Å². The molecule has 0 spiro atoms. The lowest BCUT2D eigenvalue weighted by atomic mass is 9.93. The van der Waals surface area contributed by atoms with E-state index in [-0.39, 0.29) is 5.91 Å². The maximum Gasteiger partial charge on any atom is 0.220 e. The fraction of sp³-hybridized carbons (Fsp3) is 0.875. The molecule has 0 unspecified atom stereocenters. The quantitative estimate of drug-likeness (QED) is 0.365. The van der Waals surface area contributed by atoms with Gasteiger partial charge in [0.25, 0.3) is 0 Å². The van der Waals surface area contributed by atoms with Gasteiger partial charge in [-0.15, -0.1) is 0 Å². The van der Waals surface area contributed by atoms with E-state index in [2.05, 4.69) is 27.4 Å². The molecular weight excluding hydrogens is 296 g/mol. The van der Waals surface area contributed by atoms with Crippen LogP contribution in [0.1, 0.15) is 26.2 Å². The smallest absolute Gasteiger partial charge is 0.220 e. The van der Waals surface area contributed by atoms with E-state index < -0.39 is 0 Å². The Balaban J connectivity index is 2.35. The molecule has 2 N–H and O–H groups in total. The average Bonchev–Trinajstić information content (AvgIpc) is 2.57. The highest BCUT2D eigenvalue weighted by atomic mass is 16.5. The second kappa shape index (κ2) is 12.1. The fourth-order valence-electron chi connectivity index (χ4n) is 2.60. The highest BCUT2D eigenvalue weighted by molar-refractivity contribution is 5.80. The number of hydrogen-bond donors (Lipinski definition) is 2. The van der Waals surface area contributed by atoms with Crippen molar-refractivity contribution in [2.45, 2.75) is 26.2 Å². The molecule has 1 aliphatic heterocycles. The van der Waals surface area contributed by atoms with Crippen molar-refractivity contribution in [3.63, 3.8) is 0 Å². The molecule has 0 bridgehead atoms. The predicted molar refractivity (Wildman–Crippen MR) is 91.7 cm³/mol. The molecule has 0 aromatic rings. The van der Waals surface area contributed by atoms with Gasteiger partial charge in [0.2, 0.25) is 5.91 Å². The number of piperidine rings is 1. The van der Waals surface area contributed by atoms with E-state index in [4.69, 9.17) is 9.47 Å². The summed E-state index contributed by atoms with van der Waals surface area (Å²) in [6.45, 7) is 7.27. The number of hydrogen-bond acceptors (Lipinski definition) is 4. The van der Waals surface area contributed by atoms with Crippen molar-refractivity contribution < 1.29 is 14.3 Å². The van der Waals surface area contributed by atoms with E-state index in [1.165, 1.54) is 0 Å². The van der Waals surface area contributed by atoms with E-state index in [0.717, 1.165) is 38.4 Å². The van der Waals surface area contributed by atoms with Gasteiger partial charge >= 0.3 is 0 Å². The van der Waals surface area contributed by atoms with Crippen molar-refractivity contribution in [1.29, 1.82) is 0 Å². The zero-order chi connectivity index (χ0) is 16.9. The van der Waals surface area contributed by atoms with Crippen LogP contribution in [-0.4, -0.2) is 76.9 Å². The second-order valence-corrected chi connectivity index (χ2v) is 5.65. The molecule has 0 aromatic heterocycles. The summed E-state index contributed by atoms with van der Waals surface area (Å²) in [6, 6.07) is 0. The number of aliphatic imine (C=N–C) groups is 1. The summed E-state index contributed by atoms with van der Waals surface area (Å²) in [7, 11) is 3.36. The molecule has 0 aliphatic carbocycles. The Bertz CT molecular complexity index is 355. The number of ether oxygens (including phenoxy) is 2. The maximum absolute atomic E-state index is 11.5. The Morgan fingerprint density at radius 2 is 2.00 bits per heavy atom. The average molecular weight is 328 g/mol. The summed E-state index contributed by atoms with van der Waals surface area (Å²) in [6.07, 6.45) is 2.69. The van der Waals surface area contributed by atoms with Crippen LogP contribution in [-0.2, 0) is 14.3 Å². The topological polar surface area (TPSA) is 75.2 Å². The van der Waals surface area contributed by atoms with E-state index in [0.29, 0.717) is 38.7 Å². The molecule has 23 heavy (non-hydrogen) atoms. The van der Waals surface area contributed by atoms with Gasteiger partial charge in [0.05, 0.1) is 26.4 Å². The van der Waals surface area contributed by atoms with Gasteiger partial charge in [-0.1, -0.05) is 0 Å². The molecule has 0 aromatic carbocycles. The lowest BCUT2D eigenvalue weighted by Crippen LogP contribution is -2.46. The fourth-order valence-corrected chi connectivity index (χ4v) is 2.60. The summed E-state index contributed by atoms with van der Waals surface area (Å²) in [5, 5.41) is 6.04. The van der Waals surface area contributed by atoms with Gasteiger partial charge in [0.1, 0.15) is 0 Å². The number of carbonyl (C=O) groups is 1. The first-order valence-electron chi connectivity index (χ1n) is 8.51. The molecule has 7 heteroatoms. The molecule has 1 saturated heterocycles. The molecule has 1 aliphatic rings. The molecule has 134 valence electrons. The molecular formula is C16H32N4O3. The molecule has 0 saturated carbocycles. The third-order valence-corrected chi connectivity index (χ3v) is 3.93. The number of nitrogens with zero attached hydrogens (tertiary/aromatic N) is 2. The van der Waals surface area contributed by atoms with Gasteiger partial charge in [0, 0.05) is 40.2 Å². The number of nitrogens with one attached hydrogen (secondary N) is 2. The highest BCUT2D eigenvalue weighted by Gasteiger charge is 2.22. The van der Waals surface area contributed by atoms with Crippen LogP contribution in [0.15, 0.2) is 4.99 Å². The van der Waals surface area contributed by atoms with Crippen LogP contribution < -0.4 is 10.6 Å². The van der Waals surface area contributed by atoms with Crippen molar-refractivity contribution in [1.82, 2.24) is 15.5 Å². The van der Waals surface area contributed by atoms with Crippen LogP contribution >= 0.6 is 0 Å². The third kappa shape index (κ3) is 8.18.